The number of benzene rings is 1. The number of rotatable bonds is 4. The van der Waals surface area contributed by atoms with Gasteiger partial charge in [-0.15, -0.1) is 11.3 Å². The van der Waals surface area contributed by atoms with Gasteiger partial charge in [0.25, 0.3) is 0 Å². The zero-order valence-electron chi connectivity index (χ0n) is 13.6. The summed E-state index contributed by atoms with van der Waals surface area (Å²) in [6.45, 7) is 6.81. The van der Waals surface area contributed by atoms with E-state index in [1.165, 1.54) is 4.88 Å². The molecule has 1 aromatic heterocycles. The quantitative estimate of drug-likeness (QED) is 0.844. The maximum atomic E-state index is 9.00. The first-order valence-electron chi connectivity index (χ1n) is 7.97. The molecule has 0 saturated carbocycles. The van der Waals surface area contributed by atoms with Gasteiger partial charge >= 0.3 is 0 Å². The van der Waals surface area contributed by atoms with Crippen LogP contribution < -0.4 is 4.90 Å². The Bertz CT molecular complexity index is 677. The van der Waals surface area contributed by atoms with Gasteiger partial charge in [0.15, 0.2) is 5.13 Å². The van der Waals surface area contributed by atoms with E-state index in [-0.39, 0.29) is 0 Å². The normalized spacial score (nSPS) is 15.3. The number of anilines is 2. The Balaban J connectivity index is 1.89. The lowest BCUT2D eigenvalue weighted by Crippen LogP contribution is -2.29. The molecular formula is C18H21N3OS. The van der Waals surface area contributed by atoms with Gasteiger partial charge in [0.1, 0.15) is 0 Å². The third-order valence-corrected chi connectivity index (χ3v) is 5.43. The van der Waals surface area contributed by atoms with Crippen molar-refractivity contribution < 1.29 is 4.74 Å². The van der Waals surface area contributed by atoms with Crippen LogP contribution in [-0.4, -0.2) is 24.7 Å². The molecule has 2 heterocycles. The lowest BCUT2D eigenvalue weighted by atomic mass is 9.99. The van der Waals surface area contributed by atoms with Gasteiger partial charge in [-0.25, -0.2) is 4.98 Å². The molecule has 1 aromatic carbocycles. The molecule has 0 aliphatic carbocycles. The van der Waals surface area contributed by atoms with Crippen molar-refractivity contribution in [1.82, 2.24) is 4.98 Å². The van der Waals surface area contributed by atoms with Crippen LogP contribution in [0, 0.1) is 31.1 Å². The number of aromatic nitrogens is 1. The molecule has 2 aromatic rings. The Morgan fingerprint density at radius 2 is 1.96 bits per heavy atom. The molecule has 0 radical (unpaired) electrons. The second-order valence-corrected chi connectivity index (χ2v) is 7.14. The van der Waals surface area contributed by atoms with Crippen molar-refractivity contribution in [2.24, 2.45) is 5.92 Å². The Hall–Kier alpha value is -1.90. The maximum absolute atomic E-state index is 9.00. The number of hydrogen-bond donors (Lipinski definition) is 0. The summed E-state index contributed by atoms with van der Waals surface area (Å²) in [6.07, 6.45) is 2.19. The van der Waals surface area contributed by atoms with Crippen LogP contribution in [0.5, 0.6) is 0 Å². The molecule has 4 nitrogen and oxygen atoms in total. The fourth-order valence-electron chi connectivity index (χ4n) is 2.77. The van der Waals surface area contributed by atoms with Gasteiger partial charge in [-0.1, -0.05) is 0 Å². The molecular weight excluding hydrogens is 306 g/mol. The molecule has 1 saturated heterocycles. The summed E-state index contributed by atoms with van der Waals surface area (Å²) >= 11 is 1.73. The van der Waals surface area contributed by atoms with E-state index in [0.717, 1.165) is 49.1 Å². The molecule has 0 spiro atoms. The molecule has 1 aliphatic rings. The Morgan fingerprint density at radius 1 is 1.26 bits per heavy atom. The van der Waals surface area contributed by atoms with Crippen LogP contribution in [0.2, 0.25) is 0 Å². The van der Waals surface area contributed by atoms with Gasteiger partial charge in [0, 0.05) is 30.3 Å². The molecule has 0 N–H and O–H groups in total. The summed E-state index contributed by atoms with van der Waals surface area (Å²) in [5.74, 6) is 0.615. The van der Waals surface area contributed by atoms with Crippen LogP contribution in [0.25, 0.3) is 0 Å². The van der Waals surface area contributed by atoms with Gasteiger partial charge in [-0.05, 0) is 56.9 Å². The molecule has 23 heavy (non-hydrogen) atoms. The average Bonchev–Trinajstić information content (AvgIpc) is 2.92. The second-order valence-electron chi connectivity index (χ2n) is 5.96. The third kappa shape index (κ3) is 3.72. The van der Waals surface area contributed by atoms with Gasteiger partial charge in [0.2, 0.25) is 0 Å². The second kappa shape index (κ2) is 7.12. The highest BCUT2D eigenvalue weighted by molar-refractivity contribution is 7.15. The van der Waals surface area contributed by atoms with E-state index in [0.29, 0.717) is 11.5 Å². The van der Waals surface area contributed by atoms with Gasteiger partial charge < -0.3 is 9.64 Å². The van der Waals surface area contributed by atoms with Crippen molar-refractivity contribution in [3.63, 3.8) is 0 Å². The lowest BCUT2D eigenvalue weighted by Gasteiger charge is -2.29. The smallest absolute Gasteiger partial charge is 0.190 e. The number of nitriles is 1. The summed E-state index contributed by atoms with van der Waals surface area (Å²) in [4.78, 5) is 8.29. The fourth-order valence-corrected chi connectivity index (χ4v) is 3.71. The Morgan fingerprint density at radius 3 is 2.52 bits per heavy atom. The standard InChI is InChI=1S/C18H21N3OS/c1-13-14(2)23-18(20-13)21(12-16-7-9-22-10-8-16)17-5-3-15(11-19)4-6-17/h3-6,16H,7-10,12H2,1-2H3. The molecule has 0 unspecified atom stereocenters. The highest BCUT2D eigenvalue weighted by Gasteiger charge is 2.21. The number of hydrogen-bond acceptors (Lipinski definition) is 5. The summed E-state index contributed by atoms with van der Waals surface area (Å²) in [5, 5.41) is 10.0. The summed E-state index contributed by atoms with van der Waals surface area (Å²) in [6, 6.07) is 9.96. The largest absolute Gasteiger partial charge is 0.381 e. The number of ether oxygens (including phenoxy) is 1. The lowest BCUT2D eigenvalue weighted by molar-refractivity contribution is 0.0688. The fraction of sp³-hybridized carbons (Fsp3) is 0.444. The van der Waals surface area contributed by atoms with Crippen LogP contribution in [0.15, 0.2) is 24.3 Å². The van der Waals surface area contributed by atoms with E-state index in [9.17, 15) is 0 Å². The van der Waals surface area contributed by atoms with Crippen molar-refractivity contribution in [2.45, 2.75) is 26.7 Å². The SMILES string of the molecule is Cc1nc(N(CC2CCOCC2)c2ccc(C#N)cc2)sc1C. The monoisotopic (exact) mass is 327 g/mol. The molecule has 0 atom stereocenters. The zero-order chi connectivity index (χ0) is 16.2. The predicted molar refractivity (Wildman–Crippen MR) is 93.3 cm³/mol. The summed E-state index contributed by atoms with van der Waals surface area (Å²) < 4.78 is 5.48. The first-order valence-corrected chi connectivity index (χ1v) is 8.78. The molecule has 0 amide bonds. The predicted octanol–water partition coefficient (Wildman–Crippen LogP) is 4.20. The molecule has 3 rings (SSSR count). The zero-order valence-corrected chi connectivity index (χ0v) is 14.4. The van der Waals surface area contributed by atoms with Crippen molar-refractivity contribution >= 4 is 22.2 Å². The Kier molecular flexibility index (Phi) is 4.94. The minimum Gasteiger partial charge on any atom is -0.381 e. The minimum absolute atomic E-state index is 0.615. The van der Waals surface area contributed by atoms with E-state index in [1.54, 1.807) is 11.3 Å². The van der Waals surface area contributed by atoms with Crippen molar-refractivity contribution in [2.75, 3.05) is 24.7 Å². The highest BCUT2D eigenvalue weighted by atomic mass is 32.1. The van der Waals surface area contributed by atoms with Crippen molar-refractivity contribution in [3.8, 4) is 6.07 Å². The van der Waals surface area contributed by atoms with Gasteiger partial charge in [-0.2, -0.15) is 5.26 Å². The van der Waals surface area contributed by atoms with Crippen LogP contribution in [0.3, 0.4) is 0 Å². The highest BCUT2D eigenvalue weighted by Crippen LogP contribution is 2.33. The molecule has 1 fully saturated rings. The van der Waals surface area contributed by atoms with Crippen molar-refractivity contribution in [3.05, 3.63) is 40.4 Å². The van der Waals surface area contributed by atoms with E-state index in [2.05, 4.69) is 24.8 Å². The number of nitrogens with zero attached hydrogens (tertiary/aromatic N) is 3. The minimum atomic E-state index is 0.615. The van der Waals surface area contributed by atoms with Gasteiger partial charge in [-0.3, -0.25) is 0 Å². The maximum Gasteiger partial charge on any atom is 0.190 e. The molecule has 0 bridgehead atoms. The van der Waals surface area contributed by atoms with E-state index in [1.807, 2.05) is 24.3 Å². The van der Waals surface area contributed by atoms with Crippen LogP contribution in [-0.2, 0) is 4.74 Å². The topological polar surface area (TPSA) is 49.2 Å². The number of thiazole rings is 1. The summed E-state index contributed by atoms with van der Waals surface area (Å²) in [7, 11) is 0. The van der Waals surface area contributed by atoms with Crippen LogP contribution >= 0.6 is 11.3 Å². The van der Waals surface area contributed by atoms with E-state index < -0.39 is 0 Å². The molecule has 120 valence electrons. The van der Waals surface area contributed by atoms with Crippen molar-refractivity contribution in [1.29, 1.82) is 5.26 Å². The van der Waals surface area contributed by atoms with E-state index >= 15 is 0 Å². The van der Waals surface area contributed by atoms with E-state index in [4.69, 9.17) is 15.0 Å². The first-order chi connectivity index (χ1) is 11.2. The number of aryl methyl sites for hydroxylation is 2. The van der Waals surface area contributed by atoms with Crippen LogP contribution in [0.1, 0.15) is 29.0 Å². The summed E-state index contributed by atoms with van der Waals surface area (Å²) in [5.41, 5.74) is 2.88. The third-order valence-electron chi connectivity index (χ3n) is 4.34. The Labute approximate surface area is 141 Å². The van der Waals surface area contributed by atoms with Crippen LogP contribution in [0.4, 0.5) is 10.8 Å². The van der Waals surface area contributed by atoms with Gasteiger partial charge in [0.05, 0.1) is 17.3 Å². The molecule has 5 heteroatoms. The average molecular weight is 327 g/mol. The molecule has 1 aliphatic heterocycles. The first kappa shape index (κ1) is 16.0.